The maximum Gasteiger partial charge on any atom is 0.407 e. The van der Waals surface area contributed by atoms with Crippen molar-refractivity contribution in [3.63, 3.8) is 0 Å². The first-order chi connectivity index (χ1) is 10.7. The number of carbonyl (C=O) groups is 1. The van der Waals surface area contributed by atoms with Crippen LogP contribution < -0.4 is 5.32 Å². The Kier molecular flexibility index (Phi) is 6.52. The molecule has 1 atom stereocenters. The van der Waals surface area contributed by atoms with Crippen LogP contribution in [-0.4, -0.2) is 35.6 Å². The van der Waals surface area contributed by atoms with Gasteiger partial charge in [0.15, 0.2) is 0 Å². The number of aliphatic hydroxyl groups is 1. The summed E-state index contributed by atoms with van der Waals surface area (Å²) in [6, 6.07) is 6.33. The maximum absolute atomic E-state index is 11.8. The zero-order valence-corrected chi connectivity index (χ0v) is 12.8. The topological polar surface area (TPSA) is 78.8 Å². The van der Waals surface area contributed by atoms with E-state index >= 15 is 0 Å². The molecule has 0 radical (unpaired) electrons. The molecule has 1 amide bonds. The van der Waals surface area contributed by atoms with Crippen molar-refractivity contribution in [1.29, 1.82) is 0 Å². The van der Waals surface area contributed by atoms with Crippen molar-refractivity contribution in [2.75, 3.05) is 13.2 Å². The Labute approximate surface area is 131 Å². The number of alkyl carbamates (subject to hydrolysis) is 1. The normalized spacial score (nSPS) is 17.0. The molecule has 0 saturated heterocycles. The lowest BCUT2D eigenvalue weighted by atomic mass is 9.90. The quantitative estimate of drug-likeness (QED) is 0.755. The molecule has 5 nitrogen and oxygen atoms in total. The monoisotopic (exact) mass is 307 g/mol. The van der Waals surface area contributed by atoms with Gasteiger partial charge in [0.05, 0.1) is 19.3 Å². The molecule has 1 fully saturated rings. The minimum Gasteiger partial charge on any atom is -0.508 e. The van der Waals surface area contributed by atoms with Gasteiger partial charge < -0.3 is 20.3 Å². The fraction of sp³-hybridized carbons (Fsp3) is 0.588. The van der Waals surface area contributed by atoms with Crippen molar-refractivity contribution in [2.45, 2.75) is 44.6 Å². The van der Waals surface area contributed by atoms with E-state index in [1.807, 2.05) is 0 Å². The van der Waals surface area contributed by atoms with Gasteiger partial charge >= 0.3 is 6.09 Å². The predicted molar refractivity (Wildman–Crippen MR) is 83.7 cm³/mol. The number of amides is 1. The lowest BCUT2D eigenvalue weighted by Gasteiger charge is -2.22. The van der Waals surface area contributed by atoms with Crippen LogP contribution in [0.1, 0.15) is 37.7 Å². The lowest BCUT2D eigenvalue weighted by molar-refractivity contribution is 0.108. The number of hydrogen-bond acceptors (Lipinski definition) is 4. The number of rotatable bonds is 6. The number of ether oxygens (including phenoxy) is 1. The van der Waals surface area contributed by atoms with Crippen LogP contribution in [0.5, 0.6) is 5.75 Å². The third kappa shape index (κ3) is 5.56. The Bertz CT molecular complexity index is 454. The average Bonchev–Trinajstić information content (AvgIpc) is 2.55. The third-order valence-corrected chi connectivity index (χ3v) is 4.14. The fourth-order valence-electron chi connectivity index (χ4n) is 2.83. The molecule has 1 aromatic rings. The van der Waals surface area contributed by atoms with Crippen molar-refractivity contribution in [3.05, 3.63) is 29.8 Å². The molecule has 0 aromatic heterocycles. The first-order valence-electron chi connectivity index (χ1n) is 7.99. The van der Waals surface area contributed by atoms with Crippen LogP contribution in [0.15, 0.2) is 24.3 Å². The van der Waals surface area contributed by atoms with E-state index in [0.717, 1.165) is 18.4 Å². The highest BCUT2D eigenvalue weighted by molar-refractivity contribution is 5.67. The van der Waals surface area contributed by atoms with E-state index in [2.05, 4.69) is 5.32 Å². The minimum atomic E-state index is -0.469. The molecule has 0 heterocycles. The Hall–Kier alpha value is -1.75. The zero-order chi connectivity index (χ0) is 15.8. The summed E-state index contributed by atoms with van der Waals surface area (Å²) in [7, 11) is 0. The van der Waals surface area contributed by atoms with Crippen molar-refractivity contribution >= 4 is 6.09 Å². The van der Waals surface area contributed by atoms with Gasteiger partial charge in [-0.1, -0.05) is 31.4 Å². The third-order valence-electron chi connectivity index (χ3n) is 4.14. The smallest absolute Gasteiger partial charge is 0.407 e. The number of carbonyl (C=O) groups excluding carboxylic acids is 1. The summed E-state index contributed by atoms with van der Waals surface area (Å²) in [5, 5.41) is 21.3. The van der Waals surface area contributed by atoms with Crippen LogP contribution in [0.4, 0.5) is 4.79 Å². The summed E-state index contributed by atoms with van der Waals surface area (Å²) >= 11 is 0. The number of phenolic OH excluding ortho intramolecular Hbond substituents is 1. The first-order valence-corrected chi connectivity index (χ1v) is 7.99. The zero-order valence-electron chi connectivity index (χ0n) is 12.8. The second-order valence-electron chi connectivity index (χ2n) is 6.00. The number of aliphatic hydroxyl groups excluding tert-OH is 1. The highest BCUT2D eigenvalue weighted by Gasteiger charge is 2.17. The molecule has 0 unspecified atom stereocenters. The lowest BCUT2D eigenvalue weighted by Crippen LogP contribution is -2.40. The largest absolute Gasteiger partial charge is 0.508 e. The molecule has 122 valence electrons. The minimum absolute atomic E-state index is 0.153. The Morgan fingerprint density at radius 1 is 1.23 bits per heavy atom. The maximum atomic E-state index is 11.8. The molecule has 3 N–H and O–H groups in total. The molecule has 5 heteroatoms. The molecule has 1 aliphatic rings. The standard InChI is InChI=1S/C17H25NO4/c19-11-15(10-13-6-8-16(20)9-7-13)18-17(21)22-12-14-4-2-1-3-5-14/h6-9,14-15,19-20H,1-5,10-12H2,(H,18,21)/t15-/m0/s1. The second kappa shape index (κ2) is 8.63. The van der Waals surface area contributed by atoms with Crippen LogP contribution in [0.3, 0.4) is 0 Å². The number of phenols is 1. The fourth-order valence-corrected chi connectivity index (χ4v) is 2.83. The van der Waals surface area contributed by atoms with Crippen LogP contribution in [-0.2, 0) is 11.2 Å². The highest BCUT2D eigenvalue weighted by atomic mass is 16.5. The number of hydrogen-bond donors (Lipinski definition) is 3. The number of nitrogens with one attached hydrogen (secondary N) is 1. The van der Waals surface area contributed by atoms with E-state index in [1.54, 1.807) is 24.3 Å². The second-order valence-corrected chi connectivity index (χ2v) is 6.00. The molecule has 1 aliphatic carbocycles. The molecular weight excluding hydrogens is 282 g/mol. The highest BCUT2D eigenvalue weighted by Crippen LogP contribution is 2.23. The molecule has 1 saturated carbocycles. The van der Waals surface area contributed by atoms with Crippen LogP contribution in [0.25, 0.3) is 0 Å². The molecule has 22 heavy (non-hydrogen) atoms. The van der Waals surface area contributed by atoms with Crippen LogP contribution in [0, 0.1) is 5.92 Å². The van der Waals surface area contributed by atoms with Gasteiger partial charge in [0.25, 0.3) is 0 Å². The molecule has 0 aliphatic heterocycles. The molecule has 2 rings (SSSR count). The van der Waals surface area contributed by atoms with Crippen LogP contribution in [0.2, 0.25) is 0 Å². The average molecular weight is 307 g/mol. The molecule has 0 bridgehead atoms. The van der Waals surface area contributed by atoms with E-state index in [1.165, 1.54) is 19.3 Å². The van der Waals surface area contributed by atoms with Crippen molar-refractivity contribution in [2.24, 2.45) is 5.92 Å². The number of aromatic hydroxyl groups is 1. The van der Waals surface area contributed by atoms with E-state index in [-0.39, 0.29) is 18.4 Å². The van der Waals surface area contributed by atoms with Crippen molar-refractivity contribution in [3.8, 4) is 5.75 Å². The molecular formula is C17H25NO4. The van der Waals surface area contributed by atoms with Gasteiger partial charge in [0.1, 0.15) is 5.75 Å². The SMILES string of the molecule is O=C(N[C@H](CO)Cc1ccc(O)cc1)OCC1CCCCC1. The van der Waals surface area contributed by atoms with Gasteiger partial charge in [-0.15, -0.1) is 0 Å². The Balaban J connectivity index is 1.73. The van der Waals surface area contributed by atoms with Crippen molar-refractivity contribution < 1.29 is 19.7 Å². The summed E-state index contributed by atoms with van der Waals surface area (Å²) in [6.07, 6.45) is 6.00. The summed E-state index contributed by atoms with van der Waals surface area (Å²) < 4.78 is 5.27. The first kappa shape index (κ1) is 16.6. The van der Waals surface area contributed by atoms with E-state index in [0.29, 0.717) is 18.9 Å². The van der Waals surface area contributed by atoms with Crippen LogP contribution >= 0.6 is 0 Å². The summed E-state index contributed by atoms with van der Waals surface area (Å²) in [4.78, 5) is 11.8. The molecule has 1 aromatic carbocycles. The van der Waals surface area contributed by atoms with Gasteiger partial charge in [0, 0.05) is 0 Å². The predicted octanol–water partition coefficient (Wildman–Crippen LogP) is 2.60. The van der Waals surface area contributed by atoms with Crippen molar-refractivity contribution in [1.82, 2.24) is 5.32 Å². The summed E-state index contributed by atoms with van der Waals surface area (Å²) in [6.45, 7) is 0.308. The van der Waals surface area contributed by atoms with E-state index in [4.69, 9.17) is 4.74 Å². The van der Waals surface area contributed by atoms with Gasteiger partial charge in [-0.25, -0.2) is 4.79 Å². The van der Waals surface area contributed by atoms with Gasteiger partial charge in [-0.3, -0.25) is 0 Å². The van der Waals surface area contributed by atoms with Gasteiger partial charge in [-0.05, 0) is 42.9 Å². The summed E-state index contributed by atoms with van der Waals surface area (Å²) in [5.41, 5.74) is 0.935. The number of benzene rings is 1. The summed E-state index contributed by atoms with van der Waals surface area (Å²) in [5.74, 6) is 0.674. The molecule has 0 spiro atoms. The van der Waals surface area contributed by atoms with Gasteiger partial charge in [0.2, 0.25) is 0 Å². The Morgan fingerprint density at radius 3 is 2.55 bits per heavy atom. The van der Waals surface area contributed by atoms with E-state index < -0.39 is 6.09 Å². The Morgan fingerprint density at radius 2 is 1.91 bits per heavy atom. The van der Waals surface area contributed by atoms with E-state index in [9.17, 15) is 15.0 Å². The van der Waals surface area contributed by atoms with Gasteiger partial charge in [-0.2, -0.15) is 0 Å².